The van der Waals surface area contributed by atoms with E-state index in [0.717, 1.165) is 12.5 Å². The molecule has 1 heteroatoms. The molecule has 0 aromatic heterocycles. The number of fused-ring (bicyclic) bond motifs is 1. The van der Waals surface area contributed by atoms with Crippen molar-refractivity contribution in [2.75, 3.05) is 13.1 Å². The minimum atomic E-state index is 0.722. The molecule has 1 aliphatic carbocycles. The largest absolute Gasteiger partial charge is 0.233 e. The molecule has 1 nitrogen and oxygen atoms in total. The van der Waals surface area contributed by atoms with Gasteiger partial charge in [0.25, 0.3) is 0 Å². The van der Waals surface area contributed by atoms with Crippen LogP contribution in [0.3, 0.4) is 0 Å². The van der Waals surface area contributed by atoms with Gasteiger partial charge in [0.15, 0.2) is 5.71 Å². The average Bonchev–Trinajstić information content (AvgIpc) is 2.47. The lowest BCUT2D eigenvalue weighted by molar-refractivity contribution is -0.515. The molecule has 2 rings (SSSR count). The smallest absolute Gasteiger partial charge is 0.183 e. The minimum absolute atomic E-state index is 0.722. The van der Waals surface area contributed by atoms with Gasteiger partial charge in [-0.15, -0.1) is 0 Å². The Kier molecular flexibility index (Phi) is 1.65. The molecule has 0 amide bonds. The van der Waals surface area contributed by atoms with Crippen LogP contribution < -0.4 is 0 Å². The molecule has 0 radical (unpaired) electrons. The molecule has 0 aromatic carbocycles. The maximum absolute atomic E-state index is 2.46. The van der Waals surface area contributed by atoms with E-state index >= 15 is 0 Å². The Morgan fingerprint density at radius 2 is 2.45 bits per heavy atom. The molecular weight excluding hydrogens is 134 g/mol. The number of hydrogen-bond donors (Lipinski definition) is 0. The Morgan fingerprint density at radius 3 is 3.27 bits per heavy atom. The number of rotatable bonds is 1. The molecule has 1 heterocycles. The number of allylic oxidation sites excluding steroid dienone is 4. The molecule has 0 N–H and O–H groups in total. The predicted molar refractivity (Wildman–Crippen MR) is 47.1 cm³/mol. The van der Waals surface area contributed by atoms with E-state index in [1.807, 2.05) is 0 Å². The zero-order chi connectivity index (χ0) is 7.68. The number of nitrogens with zero attached hydrogens (tertiary/aromatic N) is 1. The highest BCUT2D eigenvalue weighted by atomic mass is 15.0. The summed E-state index contributed by atoms with van der Waals surface area (Å²) in [6, 6.07) is 0. The van der Waals surface area contributed by atoms with Crippen LogP contribution in [0, 0.1) is 5.92 Å². The summed E-state index contributed by atoms with van der Waals surface area (Å²) >= 11 is 0. The summed E-state index contributed by atoms with van der Waals surface area (Å²) in [5.74, 6) is 0.722. The summed E-state index contributed by atoms with van der Waals surface area (Å²) in [6.07, 6.45) is 10.2. The van der Waals surface area contributed by atoms with Crippen molar-refractivity contribution < 1.29 is 4.58 Å². The highest BCUT2D eigenvalue weighted by Gasteiger charge is 2.28. The first kappa shape index (κ1) is 6.84. The van der Waals surface area contributed by atoms with E-state index in [4.69, 9.17) is 0 Å². The lowest BCUT2D eigenvalue weighted by atomic mass is 9.98. The summed E-state index contributed by atoms with van der Waals surface area (Å²) in [5.41, 5.74) is 1.52. The van der Waals surface area contributed by atoms with Gasteiger partial charge in [-0.3, -0.25) is 0 Å². The normalized spacial score (nSPS) is 27.9. The van der Waals surface area contributed by atoms with Gasteiger partial charge in [0.05, 0.1) is 5.92 Å². The number of hydrogen-bond acceptors (Lipinski definition) is 0. The summed E-state index contributed by atoms with van der Waals surface area (Å²) < 4.78 is 2.46. The first-order chi connectivity index (χ1) is 5.42. The van der Waals surface area contributed by atoms with Gasteiger partial charge in [0.1, 0.15) is 13.1 Å². The summed E-state index contributed by atoms with van der Waals surface area (Å²) in [5, 5.41) is 0. The SMILES string of the molecule is CC[N+]1=C2C=CC=C[C@H]2CC1. The molecule has 0 aromatic rings. The Hall–Kier alpha value is -0.850. The van der Waals surface area contributed by atoms with E-state index in [-0.39, 0.29) is 0 Å². The molecule has 0 fully saturated rings. The molecule has 58 valence electrons. The second kappa shape index (κ2) is 2.65. The second-order valence-electron chi connectivity index (χ2n) is 3.14. The van der Waals surface area contributed by atoms with E-state index in [0.29, 0.717) is 0 Å². The molecular formula is C10H14N+. The van der Waals surface area contributed by atoms with Gasteiger partial charge in [0.2, 0.25) is 0 Å². The van der Waals surface area contributed by atoms with Gasteiger partial charge < -0.3 is 0 Å². The van der Waals surface area contributed by atoms with E-state index in [1.165, 1.54) is 18.7 Å². The van der Waals surface area contributed by atoms with Crippen molar-refractivity contribution in [3.63, 3.8) is 0 Å². The van der Waals surface area contributed by atoms with Gasteiger partial charge in [0, 0.05) is 12.5 Å². The Morgan fingerprint density at radius 1 is 1.55 bits per heavy atom. The second-order valence-corrected chi connectivity index (χ2v) is 3.14. The molecule has 0 saturated carbocycles. The van der Waals surface area contributed by atoms with Crippen molar-refractivity contribution in [1.29, 1.82) is 0 Å². The van der Waals surface area contributed by atoms with E-state index in [9.17, 15) is 0 Å². The summed E-state index contributed by atoms with van der Waals surface area (Å²) in [6.45, 7) is 4.62. The average molecular weight is 148 g/mol. The van der Waals surface area contributed by atoms with Gasteiger partial charge >= 0.3 is 0 Å². The zero-order valence-corrected chi connectivity index (χ0v) is 6.96. The Labute approximate surface area is 67.7 Å². The fourth-order valence-corrected chi connectivity index (χ4v) is 1.92. The minimum Gasteiger partial charge on any atom is -0.233 e. The van der Waals surface area contributed by atoms with Crippen molar-refractivity contribution in [1.82, 2.24) is 0 Å². The maximum Gasteiger partial charge on any atom is 0.183 e. The molecule has 0 spiro atoms. The van der Waals surface area contributed by atoms with Crippen LogP contribution in [0.1, 0.15) is 13.3 Å². The topological polar surface area (TPSA) is 3.01 Å². The summed E-state index contributed by atoms with van der Waals surface area (Å²) in [7, 11) is 0. The van der Waals surface area contributed by atoms with Crippen LogP contribution in [0.15, 0.2) is 24.3 Å². The third-order valence-electron chi connectivity index (χ3n) is 2.56. The highest BCUT2D eigenvalue weighted by Crippen LogP contribution is 2.19. The Bertz CT molecular complexity index is 246. The van der Waals surface area contributed by atoms with Crippen LogP contribution in [0.5, 0.6) is 0 Å². The lowest BCUT2D eigenvalue weighted by Gasteiger charge is -2.02. The molecule has 1 aliphatic heterocycles. The highest BCUT2D eigenvalue weighted by molar-refractivity contribution is 5.96. The zero-order valence-electron chi connectivity index (χ0n) is 6.96. The standard InChI is InChI=1S/C10H14N/c1-2-11-8-7-9-5-3-4-6-10(9)11/h3-6,9H,2,7-8H2,1H3/q+1/t9-/m0/s1. The summed E-state index contributed by atoms with van der Waals surface area (Å²) in [4.78, 5) is 0. The first-order valence-corrected chi connectivity index (χ1v) is 4.38. The van der Waals surface area contributed by atoms with Gasteiger partial charge in [-0.2, -0.15) is 0 Å². The molecule has 1 atom stereocenters. The van der Waals surface area contributed by atoms with Gasteiger partial charge in [-0.1, -0.05) is 18.2 Å². The molecule has 0 bridgehead atoms. The van der Waals surface area contributed by atoms with Crippen LogP contribution in [-0.4, -0.2) is 23.4 Å². The van der Waals surface area contributed by atoms with Crippen molar-refractivity contribution in [3.8, 4) is 0 Å². The van der Waals surface area contributed by atoms with E-state index < -0.39 is 0 Å². The monoisotopic (exact) mass is 148 g/mol. The van der Waals surface area contributed by atoms with Gasteiger partial charge in [-0.05, 0) is 6.92 Å². The molecule has 0 saturated heterocycles. The molecule has 2 aliphatic rings. The first-order valence-electron chi connectivity index (χ1n) is 4.38. The Balaban J connectivity index is 2.33. The van der Waals surface area contributed by atoms with Crippen molar-refractivity contribution in [2.24, 2.45) is 5.92 Å². The fraction of sp³-hybridized carbons (Fsp3) is 0.500. The fourth-order valence-electron chi connectivity index (χ4n) is 1.92. The lowest BCUT2D eigenvalue weighted by Crippen LogP contribution is -2.16. The van der Waals surface area contributed by atoms with Crippen molar-refractivity contribution >= 4 is 5.71 Å². The third kappa shape index (κ3) is 1.05. The molecule has 11 heavy (non-hydrogen) atoms. The van der Waals surface area contributed by atoms with Crippen molar-refractivity contribution in [2.45, 2.75) is 13.3 Å². The van der Waals surface area contributed by atoms with Gasteiger partial charge in [-0.25, -0.2) is 4.58 Å². The predicted octanol–water partition coefficient (Wildman–Crippen LogP) is 1.61. The van der Waals surface area contributed by atoms with E-state index in [2.05, 4.69) is 35.8 Å². The van der Waals surface area contributed by atoms with Crippen LogP contribution >= 0.6 is 0 Å². The van der Waals surface area contributed by atoms with Crippen molar-refractivity contribution in [3.05, 3.63) is 24.3 Å². The van der Waals surface area contributed by atoms with Crippen LogP contribution in [0.4, 0.5) is 0 Å². The van der Waals surface area contributed by atoms with Crippen LogP contribution in [-0.2, 0) is 0 Å². The van der Waals surface area contributed by atoms with E-state index in [1.54, 1.807) is 0 Å². The molecule has 0 unspecified atom stereocenters. The van der Waals surface area contributed by atoms with Crippen LogP contribution in [0.2, 0.25) is 0 Å². The van der Waals surface area contributed by atoms with Crippen LogP contribution in [0.25, 0.3) is 0 Å². The maximum atomic E-state index is 2.46. The third-order valence-corrected chi connectivity index (χ3v) is 2.56. The quantitative estimate of drug-likeness (QED) is 0.497.